The zero-order valence-corrected chi connectivity index (χ0v) is 11.1. The lowest BCUT2D eigenvalue weighted by molar-refractivity contribution is -0.360. The summed E-state index contributed by atoms with van der Waals surface area (Å²) in [7, 11) is 0. The van der Waals surface area contributed by atoms with Crippen LogP contribution in [-0.2, 0) is 9.53 Å². The van der Waals surface area contributed by atoms with Crippen LogP contribution < -0.4 is 0 Å². The Kier molecular flexibility index (Phi) is 5.47. The minimum absolute atomic E-state index is 0.170. The summed E-state index contributed by atoms with van der Waals surface area (Å²) >= 11 is 0. The van der Waals surface area contributed by atoms with E-state index in [1.54, 1.807) is 0 Å². The second-order valence-electron chi connectivity index (χ2n) is 4.62. The summed E-state index contributed by atoms with van der Waals surface area (Å²) in [5.41, 5.74) is -1.20. The monoisotopic (exact) mass is 312 g/mol. The first-order chi connectivity index (χ1) is 8.75. The minimum atomic E-state index is -6.43. The maximum Gasteiger partial charge on any atom is 0.460 e. The van der Waals surface area contributed by atoms with Crippen LogP contribution in [0.5, 0.6) is 0 Å². The van der Waals surface area contributed by atoms with Crippen molar-refractivity contribution in [2.75, 3.05) is 6.61 Å². The van der Waals surface area contributed by atoms with Crippen LogP contribution in [0.2, 0.25) is 0 Å². The number of hydrogen-bond acceptors (Lipinski definition) is 2. The number of rotatable bonds is 6. The van der Waals surface area contributed by atoms with Crippen LogP contribution in [-0.4, -0.2) is 30.6 Å². The van der Waals surface area contributed by atoms with Crippen LogP contribution in [0.25, 0.3) is 0 Å². The van der Waals surface area contributed by atoms with Crippen LogP contribution in [0.3, 0.4) is 0 Å². The SMILES string of the molecule is CCC(C)(CC)C(=O)OCC(F)(F)C(F)(F)C(F)(F)F. The molecule has 0 bridgehead atoms. The first kappa shape index (κ1) is 19.0. The number of ether oxygens (including phenoxy) is 1. The smallest absolute Gasteiger partial charge is 0.459 e. The summed E-state index contributed by atoms with van der Waals surface area (Å²) in [5.74, 6) is -13.0. The molecule has 0 N–H and O–H groups in total. The fourth-order valence-corrected chi connectivity index (χ4v) is 1.17. The van der Waals surface area contributed by atoms with Gasteiger partial charge < -0.3 is 4.74 Å². The Morgan fingerprint density at radius 2 is 1.35 bits per heavy atom. The maximum atomic E-state index is 12.9. The van der Waals surface area contributed by atoms with Crippen LogP contribution >= 0.6 is 0 Å². The average Bonchev–Trinajstić information content (AvgIpc) is 2.33. The molecule has 0 rings (SSSR count). The number of esters is 1. The predicted molar refractivity (Wildman–Crippen MR) is 55.6 cm³/mol. The van der Waals surface area contributed by atoms with Gasteiger partial charge in [0.1, 0.15) is 0 Å². The normalized spacial score (nSPS) is 14.3. The minimum Gasteiger partial charge on any atom is -0.459 e. The third-order valence-corrected chi connectivity index (χ3v) is 3.25. The molecule has 0 heterocycles. The van der Waals surface area contributed by atoms with Gasteiger partial charge in [-0.25, -0.2) is 0 Å². The van der Waals surface area contributed by atoms with Crippen LogP contribution in [0.15, 0.2) is 0 Å². The average molecular weight is 312 g/mol. The number of hydrogen-bond donors (Lipinski definition) is 0. The summed E-state index contributed by atoms with van der Waals surface area (Å²) < 4.78 is 90.4. The van der Waals surface area contributed by atoms with Gasteiger partial charge >= 0.3 is 24.0 Å². The predicted octanol–water partition coefficient (Wildman–Crippen LogP) is 4.19. The van der Waals surface area contributed by atoms with E-state index >= 15 is 0 Å². The standard InChI is InChI=1S/C11H15F7O2/c1-4-8(3,5-2)7(19)20-6-9(12,13)10(14,15)11(16,17)18/h4-6H2,1-3H3. The molecule has 0 atom stereocenters. The Labute approximate surface area is 111 Å². The van der Waals surface area contributed by atoms with Crippen molar-refractivity contribution in [2.45, 2.75) is 51.6 Å². The van der Waals surface area contributed by atoms with Gasteiger partial charge in [0, 0.05) is 0 Å². The van der Waals surface area contributed by atoms with Gasteiger partial charge in [0.05, 0.1) is 5.41 Å². The van der Waals surface area contributed by atoms with Gasteiger partial charge in [0.25, 0.3) is 0 Å². The van der Waals surface area contributed by atoms with Gasteiger partial charge in [0.2, 0.25) is 0 Å². The van der Waals surface area contributed by atoms with Gasteiger partial charge in [-0.15, -0.1) is 0 Å². The Morgan fingerprint density at radius 3 is 1.65 bits per heavy atom. The topological polar surface area (TPSA) is 26.3 Å². The van der Waals surface area contributed by atoms with Gasteiger partial charge in [-0.05, 0) is 19.8 Å². The number of halogens is 7. The molecule has 0 aliphatic carbocycles. The fraction of sp³-hybridized carbons (Fsp3) is 0.909. The molecule has 9 heteroatoms. The highest BCUT2D eigenvalue weighted by atomic mass is 19.4. The Bertz CT molecular complexity index is 345. The Hall–Kier alpha value is -1.02. The van der Waals surface area contributed by atoms with E-state index in [1.165, 1.54) is 20.8 Å². The molecule has 0 radical (unpaired) electrons. The lowest BCUT2D eigenvalue weighted by atomic mass is 9.85. The van der Waals surface area contributed by atoms with Gasteiger partial charge in [-0.2, -0.15) is 30.7 Å². The second kappa shape index (κ2) is 5.77. The van der Waals surface area contributed by atoms with Crippen molar-refractivity contribution in [2.24, 2.45) is 5.41 Å². The van der Waals surface area contributed by atoms with E-state index < -0.39 is 36.0 Å². The molecule has 0 aliphatic heterocycles. The number of carbonyl (C=O) groups excluding carboxylic acids is 1. The molecular formula is C11H15F7O2. The molecule has 0 saturated carbocycles. The van der Waals surface area contributed by atoms with Gasteiger partial charge in [-0.1, -0.05) is 13.8 Å². The van der Waals surface area contributed by atoms with E-state index in [0.717, 1.165) is 0 Å². The van der Waals surface area contributed by atoms with Gasteiger partial charge in [-0.3, -0.25) is 4.79 Å². The van der Waals surface area contributed by atoms with Crippen molar-refractivity contribution in [1.82, 2.24) is 0 Å². The zero-order chi connectivity index (χ0) is 16.4. The van der Waals surface area contributed by atoms with E-state index in [9.17, 15) is 35.5 Å². The summed E-state index contributed by atoms with van der Waals surface area (Å²) in [6.07, 6.45) is -6.09. The van der Waals surface area contributed by atoms with Crippen LogP contribution in [0, 0.1) is 5.41 Å². The molecule has 0 unspecified atom stereocenters. The zero-order valence-electron chi connectivity index (χ0n) is 11.1. The Morgan fingerprint density at radius 1 is 0.950 bits per heavy atom. The largest absolute Gasteiger partial charge is 0.460 e. The van der Waals surface area contributed by atoms with E-state index in [-0.39, 0.29) is 12.8 Å². The highest BCUT2D eigenvalue weighted by Crippen LogP contribution is 2.46. The van der Waals surface area contributed by atoms with E-state index in [1.807, 2.05) is 0 Å². The first-order valence-electron chi connectivity index (χ1n) is 5.74. The molecule has 0 amide bonds. The third kappa shape index (κ3) is 3.54. The van der Waals surface area contributed by atoms with Crippen molar-refractivity contribution < 1.29 is 40.3 Å². The summed E-state index contributed by atoms with van der Waals surface area (Å²) in [6, 6.07) is 0. The van der Waals surface area contributed by atoms with E-state index in [2.05, 4.69) is 4.74 Å². The number of alkyl halides is 7. The highest BCUT2D eigenvalue weighted by molar-refractivity contribution is 5.76. The molecule has 20 heavy (non-hydrogen) atoms. The maximum absolute atomic E-state index is 12.9. The van der Waals surface area contributed by atoms with Gasteiger partial charge in [0.15, 0.2) is 6.61 Å². The van der Waals surface area contributed by atoms with Crippen LogP contribution in [0.1, 0.15) is 33.6 Å². The molecule has 0 aromatic carbocycles. The molecule has 0 aromatic heterocycles. The molecular weight excluding hydrogens is 297 g/mol. The van der Waals surface area contributed by atoms with Crippen molar-refractivity contribution in [3.63, 3.8) is 0 Å². The quantitative estimate of drug-likeness (QED) is 0.543. The van der Waals surface area contributed by atoms with Crippen LogP contribution in [0.4, 0.5) is 30.7 Å². The molecule has 0 fully saturated rings. The number of carbonyl (C=O) groups is 1. The van der Waals surface area contributed by atoms with Crippen molar-refractivity contribution >= 4 is 5.97 Å². The van der Waals surface area contributed by atoms with E-state index in [4.69, 9.17) is 0 Å². The molecule has 0 spiro atoms. The fourth-order valence-electron chi connectivity index (χ4n) is 1.17. The van der Waals surface area contributed by atoms with E-state index in [0.29, 0.717) is 0 Å². The Balaban J connectivity index is 4.94. The lowest BCUT2D eigenvalue weighted by Crippen LogP contribution is -2.54. The summed E-state index contributed by atoms with van der Waals surface area (Å²) in [6.45, 7) is 2.09. The second-order valence-corrected chi connectivity index (χ2v) is 4.62. The summed E-state index contributed by atoms with van der Waals surface area (Å²) in [5, 5.41) is 0. The van der Waals surface area contributed by atoms with Crippen molar-refractivity contribution in [1.29, 1.82) is 0 Å². The molecule has 0 saturated heterocycles. The molecule has 2 nitrogen and oxygen atoms in total. The first-order valence-corrected chi connectivity index (χ1v) is 5.74. The van der Waals surface area contributed by atoms with Crippen molar-refractivity contribution in [3.8, 4) is 0 Å². The lowest BCUT2D eigenvalue weighted by Gasteiger charge is -2.30. The molecule has 0 aliphatic rings. The third-order valence-electron chi connectivity index (χ3n) is 3.25. The molecule has 0 aromatic rings. The highest BCUT2D eigenvalue weighted by Gasteiger charge is 2.73. The van der Waals surface area contributed by atoms with Crippen molar-refractivity contribution in [3.05, 3.63) is 0 Å². The summed E-state index contributed by atoms with van der Waals surface area (Å²) in [4.78, 5) is 11.5. The molecule has 120 valence electrons.